The highest BCUT2D eigenvalue weighted by molar-refractivity contribution is 8.76. The molecule has 0 amide bonds. The molecule has 0 aromatic heterocycles. The zero-order valence-corrected chi connectivity index (χ0v) is 18.4. The molecule has 30 heavy (non-hydrogen) atoms. The second-order valence-electron chi connectivity index (χ2n) is 6.62. The van der Waals surface area contributed by atoms with Crippen molar-refractivity contribution in [1.29, 1.82) is 0 Å². The van der Waals surface area contributed by atoms with Crippen molar-refractivity contribution < 1.29 is 19.1 Å². The number of benzene rings is 2. The predicted molar refractivity (Wildman–Crippen MR) is 123 cm³/mol. The maximum Gasteiger partial charge on any atom is 0.323 e. The van der Waals surface area contributed by atoms with Crippen LogP contribution in [0.25, 0.3) is 0 Å². The van der Waals surface area contributed by atoms with E-state index in [1.54, 1.807) is 21.6 Å². The van der Waals surface area contributed by atoms with Crippen molar-refractivity contribution in [2.75, 3.05) is 11.5 Å². The minimum absolute atomic E-state index is 0.230. The van der Waals surface area contributed by atoms with Crippen LogP contribution in [0.2, 0.25) is 0 Å². The van der Waals surface area contributed by atoms with Gasteiger partial charge in [0.05, 0.1) is 0 Å². The normalized spacial score (nSPS) is 12.7. The maximum atomic E-state index is 11.9. The first-order valence-electron chi connectivity index (χ1n) is 9.73. The van der Waals surface area contributed by atoms with Crippen LogP contribution < -0.4 is 11.5 Å². The van der Waals surface area contributed by atoms with Crippen molar-refractivity contribution in [3.63, 3.8) is 0 Å². The average molecular weight is 449 g/mol. The molecule has 0 spiro atoms. The zero-order valence-electron chi connectivity index (χ0n) is 16.8. The van der Waals surface area contributed by atoms with Gasteiger partial charge < -0.3 is 20.9 Å². The minimum atomic E-state index is -0.642. The summed E-state index contributed by atoms with van der Waals surface area (Å²) in [6, 6.07) is 17.7. The van der Waals surface area contributed by atoms with Crippen molar-refractivity contribution in [3.8, 4) is 0 Å². The number of esters is 2. The molecule has 0 aliphatic rings. The highest BCUT2D eigenvalue weighted by Crippen LogP contribution is 2.23. The van der Waals surface area contributed by atoms with Crippen LogP contribution in [0.4, 0.5) is 0 Å². The second-order valence-corrected chi connectivity index (χ2v) is 9.32. The SMILES string of the molecule is N[C@@H](CCSSCC[C@H](N)C(=O)OCc1ccccc1)C(=O)OCc1ccccc1. The Kier molecular flexibility index (Phi) is 11.4. The molecule has 0 heterocycles. The lowest BCUT2D eigenvalue weighted by atomic mass is 10.2. The summed E-state index contributed by atoms with van der Waals surface area (Å²) >= 11 is 0. The van der Waals surface area contributed by atoms with E-state index in [-0.39, 0.29) is 13.2 Å². The summed E-state index contributed by atoms with van der Waals surface area (Å²) in [5.74, 6) is 0.625. The predicted octanol–water partition coefficient (Wildman–Crippen LogP) is 3.29. The molecule has 2 atom stereocenters. The van der Waals surface area contributed by atoms with Crippen LogP contribution in [0.1, 0.15) is 24.0 Å². The Bertz CT molecular complexity index is 697. The summed E-state index contributed by atoms with van der Waals surface area (Å²) in [4.78, 5) is 23.9. The molecule has 0 aliphatic heterocycles. The van der Waals surface area contributed by atoms with E-state index in [1.165, 1.54) is 0 Å². The Hall–Kier alpha value is -2.00. The van der Waals surface area contributed by atoms with E-state index in [9.17, 15) is 9.59 Å². The van der Waals surface area contributed by atoms with Crippen molar-refractivity contribution in [2.24, 2.45) is 11.5 Å². The average Bonchev–Trinajstić information content (AvgIpc) is 2.79. The number of nitrogens with two attached hydrogens (primary N) is 2. The third-order valence-corrected chi connectivity index (χ3v) is 6.63. The topological polar surface area (TPSA) is 105 Å². The van der Waals surface area contributed by atoms with Crippen LogP contribution in [-0.4, -0.2) is 35.5 Å². The number of carbonyl (C=O) groups is 2. The standard InChI is InChI=1S/C22H28N2O4S2/c23-19(21(25)27-15-17-7-3-1-4-8-17)11-13-29-30-14-12-20(24)22(26)28-16-18-9-5-2-6-10-18/h1-10,19-20H,11-16,23-24H2/t19-,20-/m0/s1. The first kappa shape index (κ1) is 24.3. The first-order chi connectivity index (χ1) is 14.6. The molecular weight excluding hydrogens is 420 g/mol. The molecular formula is C22H28N2O4S2. The number of rotatable bonds is 13. The lowest BCUT2D eigenvalue weighted by Gasteiger charge is -2.12. The molecule has 6 nitrogen and oxygen atoms in total. The van der Waals surface area contributed by atoms with Crippen LogP contribution in [0.15, 0.2) is 60.7 Å². The Balaban J connectivity index is 1.50. The maximum absolute atomic E-state index is 11.9. The molecule has 2 rings (SSSR count). The monoisotopic (exact) mass is 448 g/mol. The van der Waals surface area contributed by atoms with Crippen molar-refractivity contribution in [1.82, 2.24) is 0 Å². The Morgan fingerprint density at radius 3 is 1.43 bits per heavy atom. The molecule has 0 fully saturated rings. The van der Waals surface area contributed by atoms with Crippen molar-refractivity contribution in [2.45, 2.75) is 38.1 Å². The van der Waals surface area contributed by atoms with E-state index in [1.807, 2.05) is 60.7 Å². The number of carbonyl (C=O) groups excluding carboxylic acids is 2. The molecule has 4 N–H and O–H groups in total. The molecule has 0 bridgehead atoms. The highest BCUT2D eigenvalue weighted by atomic mass is 33.1. The van der Waals surface area contributed by atoms with Crippen LogP contribution in [0, 0.1) is 0 Å². The lowest BCUT2D eigenvalue weighted by molar-refractivity contribution is -0.147. The first-order valence-corrected chi connectivity index (χ1v) is 12.2. The van der Waals surface area contributed by atoms with Gasteiger partial charge in [0.15, 0.2) is 0 Å². The molecule has 162 valence electrons. The van der Waals surface area contributed by atoms with E-state index in [0.29, 0.717) is 24.3 Å². The third-order valence-electron chi connectivity index (χ3n) is 4.16. The number of hydrogen-bond donors (Lipinski definition) is 2. The van der Waals surface area contributed by atoms with Crippen LogP contribution in [0.5, 0.6) is 0 Å². The Labute approximate surface area is 185 Å². The van der Waals surface area contributed by atoms with Gasteiger partial charge in [0.1, 0.15) is 25.3 Å². The smallest absolute Gasteiger partial charge is 0.323 e. The van der Waals surface area contributed by atoms with Gasteiger partial charge in [-0.05, 0) is 24.0 Å². The van der Waals surface area contributed by atoms with Gasteiger partial charge in [0.25, 0.3) is 0 Å². The fourth-order valence-electron chi connectivity index (χ4n) is 2.38. The molecule has 8 heteroatoms. The number of ether oxygens (including phenoxy) is 2. The van der Waals surface area contributed by atoms with Crippen LogP contribution >= 0.6 is 21.6 Å². The molecule has 2 aromatic rings. The molecule has 0 aliphatic carbocycles. The van der Waals surface area contributed by atoms with Gasteiger partial charge in [-0.3, -0.25) is 9.59 Å². The fourth-order valence-corrected chi connectivity index (χ4v) is 4.60. The highest BCUT2D eigenvalue weighted by Gasteiger charge is 2.16. The zero-order chi connectivity index (χ0) is 21.6. The summed E-state index contributed by atoms with van der Waals surface area (Å²) in [6.45, 7) is 0.459. The molecule has 2 aromatic carbocycles. The lowest BCUT2D eigenvalue weighted by Crippen LogP contribution is -2.33. The van der Waals surface area contributed by atoms with Gasteiger partial charge in [-0.2, -0.15) is 0 Å². The van der Waals surface area contributed by atoms with Crippen molar-refractivity contribution in [3.05, 3.63) is 71.8 Å². The van der Waals surface area contributed by atoms with E-state index in [4.69, 9.17) is 20.9 Å². The summed E-state index contributed by atoms with van der Waals surface area (Å²) in [7, 11) is 3.20. The summed E-state index contributed by atoms with van der Waals surface area (Å²) in [5, 5.41) is 0. The van der Waals surface area contributed by atoms with E-state index < -0.39 is 24.0 Å². The van der Waals surface area contributed by atoms with E-state index >= 15 is 0 Å². The number of hydrogen-bond acceptors (Lipinski definition) is 8. The summed E-state index contributed by atoms with van der Waals surface area (Å²) in [6.07, 6.45) is 1.05. The fraction of sp³-hybridized carbons (Fsp3) is 0.364. The largest absolute Gasteiger partial charge is 0.460 e. The van der Waals surface area contributed by atoms with Gasteiger partial charge >= 0.3 is 11.9 Å². The Morgan fingerprint density at radius 1 is 0.700 bits per heavy atom. The van der Waals surface area contributed by atoms with Crippen LogP contribution in [-0.2, 0) is 32.3 Å². The third kappa shape index (κ3) is 9.67. The Morgan fingerprint density at radius 2 is 1.07 bits per heavy atom. The summed E-state index contributed by atoms with van der Waals surface area (Å²) in [5.41, 5.74) is 13.6. The molecule has 0 saturated carbocycles. The van der Waals surface area contributed by atoms with Crippen LogP contribution in [0.3, 0.4) is 0 Å². The minimum Gasteiger partial charge on any atom is -0.460 e. The second kappa shape index (κ2) is 14.1. The van der Waals surface area contributed by atoms with Gasteiger partial charge in [0.2, 0.25) is 0 Å². The van der Waals surface area contributed by atoms with Gasteiger partial charge in [-0.1, -0.05) is 82.3 Å². The van der Waals surface area contributed by atoms with Gasteiger partial charge in [-0.15, -0.1) is 0 Å². The summed E-state index contributed by atoms with van der Waals surface area (Å²) < 4.78 is 10.5. The molecule has 0 unspecified atom stereocenters. The van der Waals surface area contributed by atoms with E-state index in [2.05, 4.69) is 0 Å². The quantitative estimate of drug-likeness (QED) is 0.273. The van der Waals surface area contributed by atoms with Crippen molar-refractivity contribution >= 4 is 33.5 Å². The van der Waals surface area contributed by atoms with Gasteiger partial charge in [0, 0.05) is 11.5 Å². The molecule has 0 radical (unpaired) electrons. The van der Waals surface area contributed by atoms with Gasteiger partial charge in [-0.25, -0.2) is 0 Å². The molecule has 0 saturated heterocycles. The van der Waals surface area contributed by atoms with E-state index in [0.717, 1.165) is 11.1 Å².